The van der Waals surface area contributed by atoms with E-state index >= 15 is 0 Å². The van der Waals surface area contributed by atoms with Crippen LogP contribution in [-0.4, -0.2) is 18.0 Å². The number of ether oxygens (including phenoxy) is 1. The van der Waals surface area contributed by atoms with E-state index in [0.717, 1.165) is 11.3 Å². The maximum absolute atomic E-state index is 11.6. The van der Waals surface area contributed by atoms with Gasteiger partial charge in [-0.05, 0) is 19.4 Å². The SMILES string of the molecule is COc1cc2c(cn1)NC(=O)C2(C)C. The smallest absolute Gasteiger partial charge is 0.234 e. The number of anilines is 1. The average Bonchev–Trinajstić information content (AvgIpc) is 2.38. The number of nitrogens with zero attached hydrogens (tertiary/aromatic N) is 1. The minimum Gasteiger partial charge on any atom is -0.481 e. The lowest BCUT2D eigenvalue weighted by atomic mass is 9.87. The lowest BCUT2D eigenvalue weighted by molar-refractivity contribution is -0.119. The van der Waals surface area contributed by atoms with Crippen LogP contribution in [0.25, 0.3) is 0 Å². The van der Waals surface area contributed by atoms with E-state index in [-0.39, 0.29) is 5.91 Å². The van der Waals surface area contributed by atoms with Gasteiger partial charge >= 0.3 is 0 Å². The molecule has 0 aromatic carbocycles. The summed E-state index contributed by atoms with van der Waals surface area (Å²) in [6.45, 7) is 3.77. The van der Waals surface area contributed by atoms with E-state index in [9.17, 15) is 4.79 Å². The van der Waals surface area contributed by atoms with Gasteiger partial charge in [-0.2, -0.15) is 0 Å². The molecule has 2 heterocycles. The number of hydrogen-bond acceptors (Lipinski definition) is 3. The zero-order chi connectivity index (χ0) is 10.3. The lowest BCUT2D eigenvalue weighted by Gasteiger charge is -2.14. The highest BCUT2D eigenvalue weighted by Crippen LogP contribution is 2.37. The molecular weight excluding hydrogens is 180 g/mol. The Labute approximate surface area is 82.3 Å². The van der Waals surface area contributed by atoms with Gasteiger partial charge in [-0.3, -0.25) is 4.79 Å². The van der Waals surface area contributed by atoms with Crippen LogP contribution in [0.5, 0.6) is 5.88 Å². The Morgan fingerprint density at radius 2 is 2.21 bits per heavy atom. The molecule has 4 heteroatoms. The van der Waals surface area contributed by atoms with Crippen molar-refractivity contribution in [1.82, 2.24) is 4.98 Å². The van der Waals surface area contributed by atoms with Gasteiger partial charge in [-0.1, -0.05) is 0 Å². The van der Waals surface area contributed by atoms with Crippen molar-refractivity contribution in [1.29, 1.82) is 0 Å². The molecule has 14 heavy (non-hydrogen) atoms. The standard InChI is InChI=1S/C10H12N2O2/c1-10(2)6-4-8(14-3)11-5-7(6)12-9(10)13/h4-5H,1-3H3,(H,12,13). The predicted octanol–water partition coefficient (Wildman–Crippen LogP) is 1.32. The topological polar surface area (TPSA) is 51.2 Å². The minimum absolute atomic E-state index is 0.00236. The largest absolute Gasteiger partial charge is 0.481 e. The number of methoxy groups -OCH3 is 1. The highest BCUT2D eigenvalue weighted by molar-refractivity contribution is 6.05. The number of aromatic nitrogens is 1. The van der Waals surface area contributed by atoms with E-state index in [1.807, 2.05) is 13.8 Å². The third-order valence-electron chi connectivity index (χ3n) is 2.58. The zero-order valence-corrected chi connectivity index (χ0v) is 8.42. The molecule has 0 radical (unpaired) electrons. The first-order chi connectivity index (χ1) is 6.55. The summed E-state index contributed by atoms with van der Waals surface area (Å²) < 4.78 is 5.02. The summed E-state index contributed by atoms with van der Waals surface area (Å²) in [7, 11) is 1.56. The van der Waals surface area contributed by atoms with Crippen LogP contribution in [0.4, 0.5) is 5.69 Å². The van der Waals surface area contributed by atoms with Crippen molar-refractivity contribution in [3.05, 3.63) is 17.8 Å². The van der Waals surface area contributed by atoms with Crippen LogP contribution < -0.4 is 10.1 Å². The molecule has 0 unspecified atom stereocenters. The lowest BCUT2D eigenvalue weighted by Crippen LogP contribution is -2.26. The monoisotopic (exact) mass is 192 g/mol. The molecule has 0 atom stereocenters. The molecule has 1 aliphatic rings. The molecule has 0 fully saturated rings. The third kappa shape index (κ3) is 1.07. The van der Waals surface area contributed by atoms with Gasteiger partial charge in [0, 0.05) is 6.07 Å². The molecule has 1 amide bonds. The Balaban J connectivity index is 2.56. The maximum Gasteiger partial charge on any atom is 0.234 e. The van der Waals surface area contributed by atoms with Crippen molar-refractivity contribution in [3.63, 3.8) is 0 Å². The van der Waals surface area contributed by atoms with E-state index in [1.165, 1.54) is 0 Å². The van der Waals surface area contributed by atoms with Crippen molar-refractivity contribution in [2.24, 2.45) is 0 Å². The first-order valence-electron chi connectivity index (χ1n) is 4.41. The van der Waals surface area contributed by atoms with Crippen molar-refractivity contribution < 1.29 is 9.53 Å². The third-order valence-corrected chi connectivity index (χ3v) is 2.58. The van der Waals surface area contributed by atoms with E-state index in [0.29, 0.717) is 5.88 Å². The predicted molar refractivity (Wildman–Crippen MR) is 52.4 cm³/mol. The molecule has 0 bridgehead atoms. The van der Waals surface area contributed by atoms with Crippen LogP contribution in [0.3, 0.4) is 0 Å². The molecule has 1 aromatic rings. The van der Waals surface area contributed by atoms with E-state index in [4.69, 9.17) is 4.74 Å². The summed E-state index contributed by atoms with van der Waals surface area (Å²) in [5, 5.41) is 2.78. The van der Waals surface area contributed by atoms with Crippen molar-refractivity contribution in [2.45, 2.75) is 19.3 Å². The summed E-state index contributed by atoms with van der Waals surface area (Å²) in [5.74, 6) is 0.538. The number of carbonyl (C=O) groups excluding carboxylic acids is 1. The second-order valence-corrected chi connectivity index (χ2v) is 3.85. The van der Waals surface area contributed by atoms with Gasteiger partial charge in [0.2, 0.25) is 11.8 Å². The molecule has 1 aromatic heterocycles. The average molecular weight is 192 g/mol. The van der Waals surface area contributed by atoms with Gasteiger partial charge in [-0.25, -0.2) is 4.98 Å². The zero-order valence-electron chi connectivity index (χ0n) is 8.42. The summed E-state index contributed by atoms with van der Waals surface area (Å²) in [6, 6.07) is 1.80. The van der Waals surface area contributed by atoms with Gasteiger partial charge in [-0.15, -0.1) is 0 Å². The normalized spacial score (nSPS) is 17.5. The summed E-state index contributed by atoms with van der Waals surface area (Å²) >= 11 is 0. The molecule has 1 N–H and O–H groups in total. The molecule has 0 saturated carbocycles. The van der Waals surface area contributed by atoms with Gasteiger partial charge < -0.3 is 10.1 Å². The highest BCUT2D eigenvalue weighted by atomic mass is 16.5. The van der Waals surface area contributed by atoms with E-state index in [2.05, 4.69) is 10.3 Å². The number of hydrogen-bond donors (Lipinski definition) is 1. The minimum atomic E-state index is -0.494. The highest BCUT2D eigenvalue weighted by Gasteiger charge is 2.38. The van der Waals surface area contributed by atoms with Gasteiger partial charge in [0.15, 0.2) is 0 Å². The molecule has 0 saturated heterocycles. The van der Waals surface area contributed by atoms with Crippen LogP contribution in [-0.2, 0) is 10.2 Å². The number of amides is 1. The Morgan fingerprint density at radius 3 is 2.86 bits per heavy atom. The van der Waals surface area contributed by atoms with Gasteiger partial charge in [0.25, 0.3) is 0 Å². The number of nitrogens with one attached hydrogen (secondary N) is 1. The molecule has 0 aliphatic carbocycles. The molecule has 74 valence electrons. The second-order valence-electron chi connectivity index (χ2n) is 3.85. The number of pyridine rings is 1. The Bertz CT molecular complexity index is 399. The first-order valence-corrected chi connectivity index (χ1v) is 4.41. The molecule has 1 aliphatic heterocycles. The van der Waals surface area contributed by atoms with Crippen LogP contribution in [0.15, 0.2) is 12.3 Å². The number of rotatable bonds is 1. The van der Waals surface area contributed by atoms with Crippen molar-refractivity contribution in [2.75, 3.05) is 12.4 Å². The van der Waals surface area contributed by atoms with Gasteiger partial charge in [0.1, 0.15) is 0 Å². The number of carbonyl (C=O) groups is 1. The van der Waals surface area contributed by atoms with E-state index in [1.54, 1.807) is 19.4 Å². The molecule has 2 rings (SSSR count). The van der Waals surface area contributed by atoms with E-state index < -0.39 is 5.41 Å². The number of fused-ring (bicyclic) bond motifs is 1. The molecule has 4 nitrogen and oxygen atoms in total. The fraction of sp³-hybridized carbons (Fsp3) is 0.400. The fourth-order valence-electron chi connectivity index (χ4n) is 1.57. The van der Waals surface area contributed by atoms with Crippen LogP contribution in [0.1, 0.15) is 19.4 Å². The van der Waals surface area contributed by atoms with Crippen LogP contribution >= 0.6 is 0 Å². The summed E-state index contributed by atoms with van der Waals surface area (Å²) in [5.41, 5.74) is 1.22. The summed E-state index contributed by atoms with van der Waals surface area (Å²) in [4.78, 5) is 15.6. The maximum atomic E-state index is 11.6. The van der Waals surface area contributed by atoms with Gasteiger partial charge in [0.05, 0.1) is 24.4 Å². The Morgan fingerprint density at radius 1 is 1.50 bits per heavy atom. The Kier molecular flexibility index (Phi) is 1.74. The van der Waals surface area contributed by atoms with Crippen LogP contribution in [0.2, 0.25) is 0 Å². The first kappa shape index (κ1) is 8.99. The molecular formula is C10H12N2O2. The second kappa shape index (κ2) is 2.70. The molecule has 0 spiro atoms. The quantitative estimate of drug-likeness (QED) is 0.730. The summed E-state index contributed by atoms with van der Waals surface area (Å²) in [6.07, 6.45) is 1.63. The Hall–Kier alpha value is -1.58. The fourth-order valence-corrected chi connectivity index (χ4v) is 1.57. The van der Waals surface area contributed by atoms with Crippen molar-refractivity contribution >= 4 is 11.6 Å². The van der Waals surface area contributed by atoms with Crippen molar-refractivity contribution in [3.8, 4) is 5.88 Å². The van der Waals surface area contributed by atoms with Crippen LogP contribution in [0, 0.1) is 0 Å².